The van der Waals surface area contributed by atoms with E-state index in [1.807, 2.05) is 37.3 Å². The third-order valence-electron chi connectivity index (χ3n) is 4.58. The van der Waals surface area contributed by atoms with Gasteiger partial charge in [-0.25, -0.2) is 9.97 Å². The molecular weight excluding hydrogens is 316 g/mol. The van der Waals surface area contributed by atoms with Gasteiger partial charge in [0.05, 0.1) is 7.11 Å². The van der Waals surface area contributed by atoms with E-state index in [0.29, 0.717) is 6.54 Å². The van der Waals surface area contributed by atoms with Crippen LogP contribution < -0.4 is 15.0 Å². The van der Waals surface area contributed by atoms with Crippen LogP contribution in [0.1, 0.15) is 24.1 Å². The van der Waals surface area contributed by atoms with E-state index < -0.39 is 0 Å². The Kier molecular flexibility index (Phi) is 5.48. The van der Waals surface area contributed by atoms with Crippen molar-refractivity contribution >= 4 is 11.9 Å². The van der Waals surface area contributed by atoms with Gasteiger partial charge in [-0.05, 0) is 31.9 Å². The van der Waals surface area contributed by atoms with Crippen LogP contribution >= 0.6 is 0 Å². The summed E-state index contributed by atoms with van der Waals surface area (Å²) in [6, 6.07) is 9.64. The van der Waals surface area contributed by atoms with Crippen molar-refractivity contribution in [1.29, 1.82) is 0 Å². The van der Waals surface area contributed by atoms with E-state index in [-0.39, 0.29) is 11.8 Å². The normalized spacial score (nSPS) is 15.0. The number of rotatable bonds is 5. The highest BCUT2D eigenvalue weighted by Crippen LogP contribution is 2.22. The molecule has 1 aliphatic heterocycles. The van der Waals surface area contributed by atoms with Crippen LogP contribution in [0.3, 0.4) is 0 Å². The maximum atomic E-state index is 12.5. The number of ether oxygens (including phenoxy) is 1. The molecule has 0 radical (unpaired) electrons. The van der Waals surface area contributed by atoms with Gasteiger partial charge in [-0.1, -0.05) is 18.2 Å². The topological polar surface area (TPSA) is 67.3 Å². The van der Waals surface area contributed by atoms with Crippen LogP contribution in [-0.2, 0) is 11.3 Å². The Hall–Kier alpha value is -2.63. The lowest BCUT2D eigenvalue weighted by atomic mass is 9.96. The number of aromatic nitrogens is 2. The second kappa shape index (κ2) is 7.96. The van der Waals surface area contributed by atoms with Gasteiger partial charge >= 0.3 is 0 Å². The summed E-state index contributed by atoms with van der Waals surface area (Å²) in [5.41, 5.74) is 1.95. The Labute approximate surface area is 148 Å². The average molecular weight is 340 g/mol. The third kappa shape index (κ3) is 4.26. The molecule has 1 fully saturated rings. The Balaban J connectivity index is 1.51. The van der Waals surface area contributed by atoms with Gasteiger partial charge in [-0.15, -0.1) is 0 Å². The number of para-hydroxylation sites is 1. The lowest BCUT2D eigenvalue weighted by molar-refractivity contribution is -0.125. The van der Waals surface area contributed by atoms with Crippen LogP contribution in [0.2, 0.25) is 0 Å². The second-order valence-electron chi connectivity index (χ2n) is 6.29. The predicted octanol–water partition coefficient (Wildman–Crippen LogP) is 2.33. The Morgan fingerprint density at radius 2 is 2.04 bits per heavy atom. The molecule has 6 heteroatoms. The maximum Gasteiger partial charge on any atom is 0.225 e. The summed E-state index contributed by atoms with van der Waals surface area (Å²) in [6.07, 6.45) is 3.41. The van der Waals surface area contributed by atoms with Gasteiger partial charge < -0.3 is 15.0 Å². The second-order valence-corrected chi connectivity index (χ2v) is 6.29. The lowest BCUT2D eigenvalue weighted by Crippen LogP contribution is -2.41. The highest BCUT2D eigenvalue weighted by molar-refractivity contribution is 5.79. The quantitative estimate of drug-likeness (QED) is 0.905. The van der Waals surface area contributed by atoms with E-state index >= 15 is 0 Å². The van der Waals surface area contributed by atoms with Gasteiger partial charge in [0.25, 0.3) is 0 Å². The minimum absolute atomic E-state index is 0.0377. The van der Waals surface area contributed by atoms with Crippen LogP contribution in [0.15, 0.2) is 36.5 Å². The van der Waals surface area contributed by atoms with Crippen LogP contribution in [0, 0.1) is 12.8 Å². The van der Waals surface area contributed by atoms with Crippen molar-refractivity contribution in [2.75, 3.05) is 25.1 Å². The highest BCUT2D eigenvalue weighted by Gasteiger charge is 2.26. The van der Waals surface area contributed by atoms with Crippen molar-refractivity contribution in [2.45, 2.75) is 26.3 Å². The number of benzene rings is 1. The van der Waals surface area contributed by atoms with Gasteiger partial charge in [0.1, 0.15) is 5.75 Å². The van der Waals surface area contributed by atoms with Crippen molar-refractivity contribution < 1.29 is 9.53 Å². The Morgan fingerprint density at radius 1 is 1.28 bits per heavy atom. The number of hydrogen-bond acceptors (Lipinski definition) is 5. The van der Waals surface area contributed by atoms with Crippen LogP contribution in [0.25, 0.3) is 0 Å². The first-order valence-corrected chi connectivity index (χ1v) is 8.61. The maximum absolute atomic E-state index is 12.5. The number of hydrogen-bond donors (Lipinski definition) is 1. The number of piperidine rings is 1. The summed E-state index contributed by atoms with van der Waals surface area (Å²) in [5.74, 6) is 1.70. The fourth-order valence-electron chi connectivity index (χ4n) is 3.11. The standard InChI is InChI=1S/C19H24N4O2/c1-14-7-10-20-19(22-14)23-11-8-15(9-12-23)18(24)21-13-16-5-3-4-6-17(16)25-2/h3-7,10,15H,8-9,11-13H2,1-2H3,(H,21,24). The summed E-state index contributed by atoms with van der Waals surface area (Å²) in [7, 11) is 1.64. The van der Waals surface area contributed by atoms with Gasteiger partial charge in [0.15, 0.2) is 0 Å². The molecule has 1 aromatic carbocycles. The summed E-state index contributed by atoms with van der Waals surface area (Å²) in [4.78, 5) is 23.4. The number of methoxy groups -OCH3 is 1. The Morgan fingerprint density at radius 3 is 2.76 bits per heavy atom. The number of nitrogens with one attached hydrogen (secondary N) is 1. The van der Waals surface area contributed by atoms with E-state index in [2.05, 4.69) is 20.2 Å². The van der Waals surface area contributed by atoms with Crippen molar-refractivity contribution in [2.24, 2.45) is 5.92 Å². The molecule has 1 N–H and O–H groups in total. The molecule has 1 aromatic heterocycles. The van der Waals surface area contributed by atoms with Gasteiger partial charge in [0.2, 0.25) is 11.9 Å². The molecule has 0 unspecified atom stereocenters. The van der Waals surface area contributed by atoms with Crippen molar-refractivity contribution in [3.63, 3.8) is 0 Å². The number of carbonyl (C=O) groups excluding carboxylic acids is 1. The number of amides is 1. The van der Waals surface area contributed by atoms with E-state index in [9.17, 15) is 4.79 Å². The molecular formula is C19H24N4O2. The smallest absolute Gasteiger partial charge is 0.225 e. The summed E-state index contributed by atoms with van der Waals surface area (Å²) in [5, 5.41) is 3.04. The molecule has 2 heterocycles. The minimum atomic E-state index is 0.0377. The Bertz CT molecular complexity index is 727. The van der Waals surface area contributed by atoms with E-state index in [0.717, 1.165) is 48.9 Å². The summed E-state index contributed by atoms with van der Waals surface area (Å²) in [6.45, 7) is 4.06. The molecule has 3 rings (SSSR count). The van der Waals surface area contributed by atoms with E-state index in [1.165, 1.54) is 0 Å². The first-order valence-electron chi connectivity index (χ1n) is 8.61. The highest BCUT2D eigenvalue weighted by atomic mass is 16.5. The first kappa shape index (κ1) is 17.2. The van der Waals surface area contributed by atoms with E-state index in [1.54, 1.807) is 13.3 Å². The van der Waals surface area contributed by atoms with Crippen molar-refractivity contribution in [3.8, 4) is 5.75 Å². The molecule has 6 nitrogen and oxygen atoms in total. The average Bonchev–Trinajstić information content (AvgIpc) is 2.66. The van der Waals surface area contributed by atoms with Crippen molar-refractivity contribution in [1.82, 2.24) is 15.3 Å². The summed E-state index contributed by atoms with van der Waals surface area (Å²) >= 11 is 0. The van der Waals surface area contributed by atoms with Gasteiger partial charge in [0, 0.05) is 43.0 Å². The molecule has 0 aliphatic carbocycles. The predicted molar refractivity (Wildman–Crippen MR) is 96.5 cm³/mol. The minimum Gasteiger partial charge on any atom is -0.496 e. The molecule has 0 bridgehead atoms. The zero-order valence-corrected chi connectivity index (χ0v) is 14.7. The first-order chi connectivity index (χ1) is 12.2. The monoisotopic (exact) mass is 340 g/mol. The molecule has 1 aliphatic rings. The molecule has 2 aromatic rings. The molecule has 0 atom stereocenters. The zero-order valence-electron chi connectivity index (χ0n) is 14.7. The van der Waals surface area contributed by atoms with Gasteiger partial charge in [-0.2, -0.15) is 0 Å². The number of carbonyl (C=O) groups is 1. The fraction of sp³-hybridized carbons (Fsp3) is 0.421. The van der Waals surface area contributed by atoms with Crippen molar-refractivity contribution in [3.05, 3.63) is 47.8 Å². The van der Waals surface area contributed by atoms with Gasteiger partial charge in [-0.3, -0.25) is 4.79 Å². The molecule has 0 saturated carbocycles. The number of anilines is 1. The lowest BCUT2D eigenvalue weighted by Gasteiger charge is -2.31. The third-order valence-corrected chi connectivity index (χ3v) is 4.58. The van der Waals surface area contributed by atoms with E-state index in [4.69, 9.17) is 4.74 Å². The zero-order chi connectivity index (χ0) is 17.6. The number of nitrogens with zero attached hydrogens (tertiary/aromatic N) is 3. The van der Waals surface area contributed by atoms with Crippen LogP contribution in [0.4, 0.5) is 5.95 Å². The molecule has 132 valence electrons. The van der Waals surface area contributed by atoms with Crippen LogP contribution in [0.5, 0.6) is 5.75 Å². The molecule has 1 amide bonds. The summed E-state index contributed by atoms with van der Waals surface area (Å²) < 4.78 is 5.32. The van der Waals surface area contributed by atoms with Crippen LogP contribution in [-0.4, -0.2) is 36.1 Å². The molecule has 1 saturated heterocycles. The fourth-order valence-corrected chi connectivity index (χ4v) is 3.11. The number of aryl methyl sites for hydroxylation is 1. The largest absolute Gasteiger partial charge is 0.496 e. The molecule has 0 spiro atoms. The SMILES string of the molecule is COc1ccccc1CNC(=O)C1CCN(c2nccc(C)n2)CC1. The molecule has 25 heavy (non-hydrogen) atoms.